The summed E-state index contributed by atoms with van der Waals surface area (Å²) in [6, 6.07) is 7.92. The Morgan fingerprint density at radius 1 is 1.35 bits per heavy atom. The maximum absolute atomic E-state index is 14.2. The number of nitrogens with one attached hydrogen (secondary N) is 1. The van der Waals surface area contributed by atoms with Gasteiger partial charge in [-0.2, -0.15) is 0 Å². The van der Waals surface area contributed by atoms with Gasteiger partial charge in [-0.15, -0.1) is 0 Å². The number of anilines is 2. The molecule has 0 saturated carbocycles. The first-order chi connectivity index (χ1) is 12.6. The molecule has 1 fully saturated rings. The lowest BCUT2D eigenvalue weighted by Gasteiger charge is -2.32. The first-order valence-electron chi connectivity index (χ1n) is 8.75. The van der Waals surface area contributed by atoms with E-state index >= 15 is 0 Å². The first-order valence-corrected chi connectivity index (χ1v) is 8.75. The molecule has 26 heavy (non-hydrogen) atoms. The van der Waals surface area contributed by atoms with E-state index < -0.39 is 11.8 Å². The highest BCUT2D eigenvalue weighted by Crippen LogP contribution is 2.27. The summed E-state index contributed by atoms with van der Waals surface area (Å²) in [6.07, 6.45) is 5.27. The van der Waals surface area contributed by atoms with Crippen molar-refractivity contribution in [1.29, 1.82) is 0 Å². The van der Waals surface area contributed by atoms with Crippen LogP contribution in [0.4, 0.5) is 20.6 Å². The highest BCUT2D eigenvalue weighted by atomic mass is 19.1. The van der Waals surface area contributed by atoms with Crippen LogP contribution in [0.2, 0.25) is 0 Å². The Hall–Kier alpha value is -2.51. The Morgan fingerprint density at radius 2 is 2.12 bits per heavy atom. The molecule has 0 spiro atoms. The highest BCUT2D eigenvalue weighted by Gasteiger charge is 2.20. The molecule has 2 heterocycles. The molecule has 0 bridgehead atoms. The van der Waals surface area contributed by atoms with Gasteiger partial charge in [-0.05, 0) is 68.9 Å². The molecule has 2 aromatic rings. The molecule has 1 aromatic heterocycles. The van der Waals surface area contributed by atoms with Crippen LogP contribution in [0.15, 0.2) is 42.7 Å². The van der Waals surface area contributed by atoms with E-state index in [9.17, 15) is 9.18 Å². The Bertz CT molecular complexity index is 747. The summed E-state index contributed by atoms with van der Waals surface area (Å²) in [5.41, 5.74) is 7.27. The van der Waals surface area contributed by atoms with Gasteiger partial charge >= 0.3 is 6.03 Å². The molecular weight excluding hydrogens is 333 g/mol. The summed E-state index contributed by atoms with van der Waals surface area (Å²) < 4.78 is 14.2. The van der Waals surface area contributed by atoms with Crippen LogP contribution >= 0.6 is 0 Å². The lowest BCUT2D eigenvalue weighted by Crippen LogP contribution is -2.40. The summed E-state index contributed by atoms with van der Waals surface area (Å²) >= 11 is 0. The molecule has 3 rings (SSSR count). The van der Waals surface area contributed by atoms with Crippen LogP contribution in [0, 0.1) is 5.82 Å². The number of rotatable bonds is 5. The number of likely N-dealkylation sites (tertiary alicyclic amines) is 1. The van der Waals surface area contributed by atoms with E-state index in [0.717, 1.165) is 31.5 Å². The quantitative estimate of drug-likeness (QED) is 0.863. The molecule has 0 radical (unpaired) electrons. The number of benzene rings is 1. The molecular formula is C19H24FN5O. The zero-order valence-corrected chi connectivity index (χ0v) is 14.9. The Labute approximate surface area is 152 Å². The van der Waals surface area contributed by atoms with Crippen molar-refractivity contribution in [1.82, 2.24) is 15.2 Å². The van der Waals surface area contributed by atoms with E-state index in [1.807, 2.05) is 13.1 Å². The maximum Gasteiger partial charge on any atom is 0.323 e. The van der Waals surface area contributed by atoms with Gasteiger partial charge in [0.2, 0.25) is 0 Å². The number of hydrogen-bond donors (Lipinski definition) is 2. The molecule has 1 saturated heterocycles. The molecule has 1 aliphatic rings. The van der Waals surface area contributed by atoms with Crippen molar-refractivity contribution in [3.63, 3.8) is 0 Å². The Kier molecular flexibility index (Phi) is 5.80. The second-order valence-corrected chi connectivity index (χ2v) is 6.54. The minimum atomic E-state index is -0.676. The third kappa shape index (κ3) is 4.36. The zero-order valence-electron chi connectivity index (χ0n) is 14.9. The number of urea groups is 1. The molecule has 0 aliphatic carbocycles. The van der Waals surface area contributed by atoms with Crippen molar-refractivity contribution in [3.05, 3.63) is 54.1 Å². The normalized spacial score (nSPS) is 15.8. The van der Waals surface area contributed by atoms with Crippen LogP contribution < -0.4 is 16.0 Å². The van der Waals surface area contributed by atoms with Crippen molar-refractivity contribution in [2.45, 2.75) is 25.4 Å². The second-order valence-electron chi connectivity index (χ2n) is 6.54. The average Bonchev–Trinajstić information content (AvgIpc) is 2.63. The summed E-state index contributed by atoms with van der Waals surface area (Å²) in [6.45, 7) is 2.56. The van der Waals surface area contributed by atoms with Gasteiger partial charge in [-0.1, -0.05) is 0 Å². The number of carbonyl (C=O) groups excluding carboxylic acids is 1. The average molecular weight is 357 g/mol. The second kappa shape index (κ2) is 8.25. The van der Waals surface area contributed by atoms with Crippen LogP contribution in [0.1, 0.15) is 18.4 Å². The van der Waals surface area contributed by atoms with Gasteiger partial charge in [0.15, 0.2) is 0 Å². The van der Waals surface area contributed by atoms with E-state index in [2.05, 4.69) is 15.2 Å². The fraction of sp³-hybridized carbons (Fsp3) is 0.368. The number of amides is 2. The van der Waals surface area contributed by atoms with E-state index in [1.54, 1.807) is 18.3 Å². The summed E-state index contributed by atoms with van der Waals surface area (Å²) in [5, 5.41) is 3.30. The highest BCUT2D eigenvalue weighted by molar-refractivity contribution is 5.98. The van der Waals surface area contributed by atoms with Crippen LogP contribution in [0.25, 0.3) is 0 Å². The van der Waals surface area contributed by atoms with E-state index in [-0.39, 0.29) is 0 Å². The lowest BCUT2D eigenvalue weighted by atomic mass is 10.0. The number of primary amides is 1. The molecule has 0 atom stereocenters. The largest absolute Gasteiger partial charge is 0.351 e. The van der Waals surface area contributed by atoms with Crippen molar-refractivity contribution < 1.29 is 9.18 Å². The van der Waals surface area contributed by atoms with E-state index in [0.29, 0.717) is 24.0 Å². The number of carbonyl (C=O) groups is 1. The molecule has 1 aromatic carbocycles. The van der Waals surface area contributed by atoms with Gasteiger partial charge in [0.25, 0.3) is 0 Å². The Morgan fingerprint density at radius 3 is 2.73 bits per heavy atom. The monoisotopic (exact) mass is 357 g/mol. The number of hydrogen-bond acceptors (Lipinski definition) is 4. The van der Waals surface area contributed by atoms with Gasteiger partial charge in [-0.25, -0.2) is 9.18 Å². The molecule has 6 nitrogen and oxygen atoms in total. The van der Waals surface area contributed by atoms with Gasteiger partial charge in [-0.3, -0.25) is 14.8 Å². The van der Waals surface area contributed by atoms with Crippen LogP contribution in [-0.4, -0.2) is 42.1 Å². The van der Waals surface area contributed by atoms with Crippen LogP contribution in [0.3, 0.4) is 0 Å². The minimum absolute atomic E-state index is 0.391. The third-order valence-electron chi connectivity index (χ3n) is 4.73. The zero-order chi connectivity index (χ0) is 18.5. The fourth-order valence-electron chi connectivity index (χ4n) is 3.38. The minimum Gasteiger partial charge on any atom is -0.351 e. The first kappa shape index (κ1) is 18.3. The number of aromatic nitrogens is 1. The Balaban J connectivity index is 1.82. The molecule has 2 amide bonds. The summed E-state index contributed by atoms with van der Waals surface area (Å²) in [4.78, 5) is 19.5. The number of nitrogens with zero attached hydrogens (tertiary/aromatic N) is 3. The predicted octanol–water partition coefficient (Wildman–Crippen LogP) is 2.62. The van der Waals surface area contributed by atoms with Crippen molar-refractivity contribution in [2.24, 2.45) is 5.73 Å². The molecule has 1 aliphatic heterocycles. The fourth-order valence-corrected chi connectivity index (χ4v) is 3.38. The summed E-state index contributed by atoms with van der Waals surface area (Å²) in [5.74, 6) is -0.391. The SMILES string of the molecule is CNC1CCN(Cc2cc(F)cc(N(C(N)=O)c3cccnc3)c2)CC1. The van der Waals surface area contributed by atoms with Crippen LogP contribution in [0.5, 0.6) is 0 Å². The van der Waals surface area contributed by atoms with Crippen molar-refractivity contribution >= 4 is 17.4 Å². The maximum atomic E-state index is 14.2. The van der Waals surface area contributed by atoms with Crippen molar-refractivity contribution in [2.75, 3.05) is 25.0 Å². The van der Waals surface area contributed by atoms with Gasteiger partial charge in [0.05, 0.1) is 17.6 Å². The van der Waals surface area contributed by atoms with Gasteiger partial charge < -0.3 is 11.1 Å². The molecule has 0 unspecified atom stereocenters. The predicted molar refractivity (Wildman–Crippen MR) is 99.7 cm³/mol. The van der Waals surface area contributed by atoms with E-state index in [4.69, 9.17) is 5.73 Å². The molecule has 7 heteroatoms. The van der Waals surface area contributed by atoms with Crippen LogP contribution in [-0.2, 0) is 6.54 Å². The number of nitrogens with two attached hydrogens (primary N) is 1. The number of piperidine rings is 1. The molecule has 3 N–H and O–H groups in total. The van der Waals surface area contributed by atoms with Crippen molar-refractivity contribution in [3.8, 4) is 0 Å². The van der Waals surface area contributed by atoms with Gasteiger partial charge in [0.1, 0.15) is 5.82 Å². The third-order valence-corrected chi connectivity index (χ3v) is 4.73. The number of halogens is 1. The standard InChI is InChI=1S/C19H24FN5O/c1-22-16-4-7-24(8-5-16)13-14-9-15(20)11-18(10-14)25(19(21)26)17-3-2-6-23-12-17/h2-3,6,9-12,16,22H,4-5,7-8,13H2,1H3,(H2,21,26). The lowest BCUT2D eigenvalue weighted by molar-refractivity contribution is 0.194. The number of pyridine rings is 1. The molecule has 138 valence electrons. The summed E-state index contributed by atoms with van der Waals surface area (Å²) in [7, 11) is 1.98. The smallest absolute Gasteiger partial charge is 0.323 e. The van der Waals surface area contributed by atoms with E-state index in [1.165, 1.54) is 23.2 Å². The topological polar surface area (TPSA) is 74.5 Å². The van der Waals surface area contributed by atoms with Gasteiger partial charge in [0, 0.05) is 18.8 Å².